The zero-order chi connectivity index (χ0) is 14.5. The van der Waals surface area contributed by atoms with E-state index in [0.717, 1.165) is 33.9 Å². The Morgan fingerprint density at radius 1 is 1.35 bits per heavy atom. The molecule has 1 heterocycles. The second kappa shape index (κ2) is 7.09. The van der Waals surface area contributed by atoms with Crippen LogP contribution in [-0.2, 0) is 0 Å². The molecule has 20 heavy (non-hydrogen) atoms. The number of amides is 1. The fourth-order valence-electron chi connectivity index (χ4n) is 2.09. The molecule has 0 unspecified atom stereocenters. The number of anilines is 1. The molecule has 0 spiro atoms. The molecular weight excluding hydrogens is 336 g/mol. The van der Waals surface area contributed by atoms with E-state index in [9.17, 15) is 4.79 Å². The van der Waals surface area contributed by atoms with E-state index in [-0.39, 0.29) is 5.91 Å². The Hall–Kier alpha value is -1.07. The fraction of sp³-hybridized carbons (Fsp3) is 0.400. The second-order valence-electron chi connectivity index (χ2n) is 4.80. The molecule has 0 aliphatic carbocycles. The smallest absolute Gasteiger partial charge is 0.263 e. The normalized spacial score (nSPS) is 10.9. The Balaban J connectivity index is 2.04. The molecule has 5 heteroatoms. The average Bonchev–Trinajstić information content (AvgIpc) is 2.75. The van der Waals surface area contributed by atoms with E-state index < -0.39 is 0 Å². The van der Waals surface area contributed by atoms with E-state index in [1.165, 1.54) is 24.2 Å². The molecule has 3 N–H and O–H groups in total. The highest BCUT2D eigenvalue weighted by molar-refractivity contribution is 9.10. The highest BCUT2D eigenvalue weighted by Crippen LogP contribution is 2.35. The van der Waals surface area contributed by atoms with E-state index in [2.05, 4.69) is 28.2 Å². The van der Waals surface area contributed by atoms with E-state index in [1.54, 1.807) is 0 Å². The van der Waals surface area contributed by atoms with Crippen LogP contribution in [0.25, 0.3) is 10.1 Å². The summed E-state index contributed by atoms with van der Waals surface area (Å²) < 4.78 is 2.03. The molecule has 0 aliphatic rings. The molecule has 2 aromatic rings. The maximum atomic E-state index is 12.2. The first-order valence-corrected chi connectivity index (χ1v) is 8.50. The van der Waals surface area contributed by atoms with Gasteiger partial charge in [0.1, 0.15) is 4.88 Å². The number of fused-ring (bicyclic) bond motifs is 1. The largest absolute Gasteiger partial charge is 0.397 e. The zero-order valence-corrected chi connectivity index (χ0v) is 13.9. The molecule has 0 atom stereocenters. The van der Waals surface area contributed by atoms with Gasteiger partial charge in [0, 0.05) is 21.1 Å². The van der Waals surface area contributed by atoms with Crippen molar-refractivity contribution in [3.63, 3.8) is 0 Å². The van der Waals surface area contributed by atoms with Crippen molar-refractivity contribution in [3.05, 3.63) is 27.5 Å². The van der Waals surface area contributed by atoms with Gasteiger partial charge in [-0.1, -0.05) is 48.2 Å². The lowest BCUT2D eigenvalue weighted by Gasteiger charge is -2.03. The summed E-state index contributed by atoms with van der Waals surface area (Å²) in [6.07, 6.45) is 4.60. The third-order valence-electron chi connectivity index (χ3n) is 3.21. The average molecular weight is 355 g/mol. The van der Waals surface area contributed by atoms with Gasteiger partial charge in [-0.3, -0.25) is 4.79 Å². The molecule has 0 saturated heterocycles. The molecule has 1 amide bonds. The minimum Gasteiger partial charge on any atom is -0.397 e. The number of carbonyl (C=O) groups is 1. The predicted octanol–water partition coefficient (Wildman–Crippen LogP) is 4.56. The molecule has 1 aromatic heterocycles. The van der Waals surface area contributed by atoms with Crippen LogP contribution >= 0.6 is 27.3 Å². The monoisotopic (exact) mass is 354 g/mol. The highest BCUT2D eigenvalue weighted by Gasteiger charge is 2.15. The van der Waals surface area contributed by atoms with Crippen LogP contribution in [0.1, 0.15) is 42.3 Å². The summed E-state index contributed by atoms with van der Waals surface area (Å²) in [5.41, 5.74) is 6.66. The quantitative estimate of drug-likeness (QED) is 0.747. The Kier molecular flexibility index (Phi) is 5.43. The fourth-order valence-corrected chi connectivity index (χ4v) is 3.68. The van der Waals surface area contributed by atoms with Crippen LogP contribution in [-0.4, -0.2) is 12.5 Å². The maximum Gasteiger partial charge on any atom is 0.263 e. The molecule has 0 bridgehead atoms. The van der Waals surface area contributed by atoms with Crippen LogP contribution in [0, 0.1) is 0 Å². The molecule has 0 radical (unpaired) electrons. The van der Waals surface area contributed by atoms with Crippen LogP contribution in [0.2, 0.25) is 0 Å². The molecule has 2 rings (SSSR count). The van der Waals surface area contributed by atoms with Gasteiger partial charge < -0.3 is 11.1 Å². The number of halogens is 1. The number of unbranched alkanes of at least 4 members (excludes halogenated alkanes) is 3. The summed E-state index contributed by atoms with van der Waals surface area (Å²) >= 11 is 4.88. The van der Waals surface area contributed by atoms with Crippen molar-refractivity contribution in [2.24, 2.45) is 0 Å². The number of hydrogen-bond donors (Lipinski definition) is 2. The molecule has 1 aromatic carbocycles. The van der Waals surface area contributed by atoms with Crippen molar-refractivity contribution in [3.8, 4) is 0 Å². The summed E-state index contributed by atoms with van der Waals surface area (Å²) in [4.78, 5) is 12.8. The minimum atomic E-state index is -0.0590. The van der Waals surface area contributed by atoms with E-state index in [0.29, 0.717) is 10.6 Å². The van der Waals surface area contributed by atoms with Gasteiger partial charge in [-0.05, 0) is 18.6 Å². The van der Waals surface area contributed by atoms with Crippen molar-refractivity contribution >= 4 is 48.9 Å². The van der Waals surface area contributed by atoms with Gasteiger partial charge in [0.2, 0.25) is 0 Å². The first kappa shape index (κ1) is 15.3. The Morgan fingerprint density at radius 2 is 2.15 bits per heavy atom. The van der Waals surface area contributed by atoms with Gasteiger partial charge >= 0.3 is 0 Å². The lowest BCUT2D eigenvalue weighted by molar-refractivity contribution is 0.0958. The van der Waals surface area contributed by atoms with E-state index in [1.807, 2.05) is 18.2 Å². The predicted molar refractivity (Wildman–Crippen MR) is 90.4 cm³/mol. The first-order valence-electron chi connectivity index (χ1n) is 6.89. The van der Waals surface area contributed by atoms with Gasteiger partial charge in [0.15, 0.2) is 0 Å². The molecule has 0 aliphatic heterocycles. The lowest BCUT2D eigenvalue weighted by atomic mass is 10.2. The number of nitrogens with one attached hydrogen (secondary N) is 1. The SMILES string of the molecule is CCCCCCNC(=O)c1sc2cc(Br)ccc2c1N. The second-order valence-corrected chi connectivity index (χ2v) is 6.77. The van der Waals surface area contributed by atoms with Gasteiger partial charge in [-0.15, -0.1) is 11.3 Å². The summed E-state index contributed by atoms with van der Waals surface area (Å²) in [5, 5.41) is 3.91. The molecule has 0 fully saturated rings. The minimum absolute atomic E-state index is 0.0590. The van der Waals surface area contributed by atoms with E-state index >= 15 is 0 Å². The summed E-state index contributed by atoms with van der Waals surface area (Å²) in [7, 11) is 0. The standard InChI is InChI=1S/C15H19BrN2OS/c1-2-3-4-5-8-18-15(19)14-13(17)11-7-6-10(16)9-12(11)20-14/h6-7,9H,2-5,8,17H2,1H3,(H,18,19). The van der Waals surface area contributed by atoms with Gasteiger partial charge in [0.05, 0.1) is 5.69 Å². The Morgan fingerprint density at radius 3 is 2.90 bits per heavy atom. The molecular formula is C15H19BrN2OS. The van der Waals surface area contributed by atoms with Crippen molar-refractivity contribution in [2.75, 3.05) is 12.3 Å². The van der Waals surface area contributed by atoms with E-state index in [4.69, 9.17) is 5.73 Å². The van der Waals surface area contributed by atoms with Crippen molar-refractivity contribution in [1.29, 1.82) is 0 Å². The zero-order valence-electron chi connectivity index (χ0n) is 11.5. The Bertz CT molecular complexity index is 609. The maximum absolute atomic E-state index is 12.2. The number of hydrogen-bond acceptors (Lipinski definition) is 3. The summed E-state index contributed by atoms with van der Waals surface area (Å²) in [6.45, 7) is 2.89. The third-order valence-corrected chi connectivity index (χ3v) is 4.87. The van der Waals surface area contributed by atoms with Gasteiger partial charge in [0.25, 0.3) is 5.91 Å². The molecule has 108 valence electrons. The van der Waals surface area contributed by atoms with Gasteiger partial charge in [-0.25, -0.2) is 0 Å². The van der Waals surface area contributed by atoms with Crippen molar-refractivity contribution in [1.82, 2.24) is 5.32 Å². The topological polar surface area (TPSA) is 55.1 Å². The van der Waals surface area contributed by atoms with Crippen LogP contribution in [0.15, 0.2) is 22.7 Å². The molecule has 0 saturated carbocycles. The number of nitrogen functional groups attached to an aromatic ring is 1. The highest BCUT2D eigenvalue weighted by atomic mass is 79.9. The number of thiophene rings is 1. The van der Waals surface area contributed by atoms with Crippen LogP contribution in [0.5, 0.6) is 0 Å². The molecule has 3 nitrogen and oxygen atoms in total. The number of carbonyl (C=O) groups excluding carboxylic acids is 1. The number of nitrogens with two attached hydrogens (primary N) is 1. The first-order chi connectivity index (χ1) is 9.63. The summed E-state index contributed by atoms with van der Waals surface area (Å²) in [6, 6.07) is 5.88. The lowest BCUT2D eigenvalue weighted by Crippen LogP contribution is -2.24. The van der Waals surface area contributed by atoms with Crippen molar-refractivity contribution < 1.29 is 4.79 Å². The number of benzene rings is 1. The Labute approximate surface area is 131 Å². The van der Waals surface area contributed by atoms with Crippen LogP contribution in [0.3, 0.4) is 0 Å². The number of rotatable bonds is 6. The van der Waals surface area contributed by atoms with Gasteiger partial charge in [-0.2, -0.15) is 0 Å². The van der Waals surface area contributed by atoms with Crippen LogP contribution < -0.4 is 11.1 Å². The summed E-state index contributed by atoms with van der Waals surface area (Å²) in [5.74, 6) is -0.0590. The third kappa shape index (κ3) is 3.52. The van der Waals surface area contributed by atoms with Crippen molar-refractivity contribution in [2.45, 2.75) is 32.6 Å². The van der Waals surface area contributed by atoms with Crippen LogP contribution in [0.4, 0.5) is 5.69 Å².